The average Bonchev–Trinajstić information content (AvgIpc) is 2.67. The van der Waals surface area contributed by atoms with Gasteiger partial charge in [0.1, 0.15) is 16.1 Å². The zero-order valence-electron chi connectivity index (χ0n) is 12.6. The van der Waals surface area contributed by atoms with E-state index in [4.69, 9.17) is 0 Å². The van der Waals surface area contributed by atoms with Crippen molar-refractivity contribution in [3.05, 3.63) is 66.6 Å². The van der Waals surface area contributed by atoms with Gasteiger partial charge in [0.25, 0.3) is 11.6 Å². The van der Waals surface area contributed by atoms with Gasteiger partial charge in [-0.3, -0.25) is 19.7 Å². The van der Waals surface area contributed by atoms with E-state index in [0.29, 0.717) is 4.47 Å². The van der Waals surface area contributed by atoms with E-state index in [1.807, 2.05) is 30.3 Å². The van der Waals surface area contributed by atoms with Crippen molar-refractivity contribution in [3.63, 3.8) is 0 Å². The van der Waals surface area contributed by atoms with Crippen LogP contribution in [0.1, 0.15) is 15.9 Å². The third kappa shape index (κ3) is 3.42. The topological polar surface area (TPSA) is 101 Å². The van der Waals surface area contributed by atoms with Gasteiger partial charge in [-0.1, -0.05) is 30.3 Å². The van der Waals surface area contributed by atoms with E-state index < -0.39 is 28.5 Å². The van der Waals surface area contributed by atoms with Crippen LogP contribution in [-0.2, 0) is 11.2 Å². The van der Waals surface area contributed by atoms with Crippen LogP contribution >= 0.6 is 31.9 Å². The SMILES string of the molecule is O=C1NC(Cc2ccccc2)C(=O)Nc2cc(Br)c(Br)c([N+](=O)[O-])c21. The van der Waals surface area contributed by atoms with Crippen LogP contribution in [0, 0.1) is 10.1 Å². The number of nitrogens with zero attached hydrogens (tertiary/aromatic N) is 1. The third-order valence-corrected chi connectivity index (χ3v) is 5.73. The van der Waals surface area contributed by atoms with Crippen LogP contribution in [0.15, 0.2) is 45.3 Å². The summed E-state index contributed by atoms with van der Waals surface area (Å²) in [6.45, 7) is 0. The maximum Gasteiger partial charge on any atom is 0.299 e. The number of hydrogen-bond acceptors (Lipinski definition) is 4. The molecule has 1 atom stereocenters. The molecule has 0 spiro atoms. The number of anilines is 1. The second-order valence-corrected chi connectivity index (χ2v) is 7.05. The van der Waals surface area contributed by atoms with Crippen molar-refractivity contribution < 1.29 is 14.5 Å². The first-order valence-electron chi connectivity index (χ1n) is 7.20. The lowest BCUT2D eigenvalue weighted by Crippen LogP contribution is -2.42. The molecule has 2 aromatic carbocycles. The first-order chi connectivity index (χ1) is 11.9. The molecule has 0 aromatic heterocycles. The molecule has 1 aliphatic heterocycles. The van der Waals surface area contributed by atoms with E-state index in [-0.39, 0.29) is 22.1 Å². The van der Waals surface area contributed by atoms with E-state index in [9.17, 15) is 19.7 Å². The molecule has 0 radical (unpaired) electrons. The maximum atomic E-state index is 12.6. The zero-order chi connectivity index (χ0) is 18.1. The summed E-state index contributed by atoms with van der Waals surface area (Å²) in [5.41, 5.74) is 0.386. The molecular formula is C16H11Br2N3O4. The normalized spacial score (nSPS) is 16.5. The highest BCUT2D eigenvalue weighted by Gasteiger charge is 2.35. The van der Waals surface area contributed by atoms with Gasteiger partial charge in [-0.05, 0) is 43.5 Å². The van der Waals surface area contributed by atoms with Gasteiger partial charge in [0.15, 0.2) is 0 Å². The van der Waals surface area contributed by atoms with Gasteiger partial charge in [-0.2, -0.15) is 0 Å². The zero-order valence-corrected chi connectivity index (χ0v) is 15.8. The number of fused-ring (bicyclic) bond motifs is 1. The largest absolute Gasteiger partial charge is 0.340 e. The van der Waals surface area contributed by atoms with Gasteiger partial charge in [0.05, 0.1) is 10.6 Å². The van der Waals surface area contributed by atoms with Crippen molar-refractivity contribution >= 4 is 55.0 Å². The molecule has 7 nitrogen and oxygen atoms in total. The van der Waals surface area contributed by atoms with E-state index in [2.05, 4.69) is 42.5 Å². The first kappa shape index (κ1) is 17.6. The highest BCUT2D eigenvalue weighted by molar-refractivity contribution is 9.13. The number of benzene rings is 2. The molecule has 9 heteroatoms. The van der Waals surface area contributed by atoms with Gasteiger partial charge < -0.3 is 10.6 Å². The Balaban J connectivity index is 2.02. The summed E-state index contributed by atoms with van der Waals surface area (Å²) in [5.74, 6) is -1.10. The van der Waals surface area contributed by atoms with Gasteiger partial charge in [0.2, 0.25) is 5.91 Å². The van der Waals surface area contributed by atoms with E-state index >= 15 is 0 Å². The Hall–Kier alpha value is -2.26. The Morgan fingerprint density at radius 1 is 1.16 bits per heavy atom. The number of carbonyl (C=O) groups is 2. The molecule has 0 aliphatic carbocycles. The van der Waals surface area contributed by atoms with Crippen molar-refractivity contribution in [2.45, 2.75) is 12.5 Å². The van der Waals surface area contributed by atoms with Gasteiger partial charge in [-0.15, -0.1) is 0 Å². The van der Waals surface area contributed by atoms with E-state index in [1.165, 1.54) is 6.07 Å². The minimum atomic E-state index is -0.834. The molecule has 128 valence electrons. The lowest BCUT2D eigenvalue weighted by molar-refractivity contribution is -0.385. The molecule has 0 fully saturated rings. The molecule has 3 rings (SSSR count). The van der Waals surface area contributed by atoms with Crippen molar-refractivity contribution in [1.29, 1.82) is 0 Å². The van der Waals surface area contributed by atoms with Crippen LogP contribution in [0.5, 0.6) is 0 Å². The van der Waals surface area contributed by atoms with Crippen molar-refractivity contribution in [1.82, 2.24) is 5.32 Å². The fraction of sp³-hybridized carbons (Fsp3) is 0.125. The summed E-state index contributed by atoms with van der Waals surface area (Å²) in [4.78, 5) is 35.8. The van der Waals surface area contributed by atoms with Crippen molar-refractivity contribution in [2.24, 2.45) is 0 Å². The highest BCUT2D eigenvalue weighted by Crippen LogP contribution is 2.40. The highest BCUT2D eigenvalue weighted by atomic mass is 79.9. The van der Waals surface area contributed by atoms with Crippen LogP contribution in [0.4, 0.5) is 11.4 Å². The van der Waals surface area contributed by atoms with E-state index in [1.54, 1.807) is 0 Å². The number of halogens is 2. The molecule has 2 aromatic rings. The number of hydrogen-bond donors (Lipinski definition) is 2. The molecule has 1 unspecified atom stereocenters. The first-order valence-corrected chi connectivity index (χ1v) is 8.79. The molecular weight excluding hydrogens is 458 g/mol. The number of rotatable bonds is 3. The number of carbonyl (C=O) groups excluding carboxylic acids is 2. The number of nitro groups is 1. The monoisotopic (exact) mass is 467 g/mol. The summed E-state index contributed by atoms with van der Waals surface area (Å²) < 4.78 is 0.509. The summed E-state index contributed by atoms with van der Waals surface area (Å²) in [7, 11) is 0. The van der Waals surface area contributed by atoms with Crippen LogP contribution < -0.4 is 10.6 Å². The van der Waals surface area contributed by atoms with Gasteiger partial charge in [-0.25, -0.2) is 0 Å². The van der Waals surface area contributed by atoms with E-state index in [0.717, 1.165) is 5.56 Å². The fourth-order valence-corrected chi connectivity index (χ4v) is 3.50. The van der Waals surface area contributed by atoms with Gasteiger partial charge >= 0.3 is 0 Å². The molecule has 0 saturated heterocycles. The lowest BCUT2D eigenvalue weighted by Gasteiger charge is -2.14. The number of nitrogens with one attached hydrogen (secondary N) is 2. The molecule has 0 saturated carbocycles. The standard InChI is InChI=1S/C16H11Br2N3O4/c17-9-7-10-12(14(13(9)18)21(24)25)16(23)20-11(15(22)19-10)6-8-4-2-1-3-5-8/h1-5,7,11H,6H2,(H,19,22)(H,20,23). The smallest absolute Gasteiger partial charge is 0.299 e. The Morgan fingerprint density at radius 2 is 1.84 bits per heavy atom. The summed E-state index contributed by atoms with van der Waals surface area (Å²) >= 11 is 6.31. The van der Waals surface area contributed by atoms with Crippen molar-refractivity contribution in [3.8, 4) is 0 Å². The van der Waals surface area contributed by atoms with Crippen molar-refractivity contribution in [2.75, 3.05) is 5.32 Å². The summed E-state index contributed by atoms with van der Waals surface area (Å²) in [6, 6.07) is 9.83. The quantitative estimate of drug-likeness (QED) is 0.532. The Morgan fingerprint density at radius 3 is 2.48 bits per heavy atom. The Bertz CT molecular complexity index is 887. The number of amides is 2. The maximum absolute atomic E-state index is 12.6. The minimum absolute atomic E-state index is 0.0971. The van der Waals surface area contributed by atoms with Crippen LogP contribution in [0.25, 0.3) is 0 Å². The second-order valence-electron chi connectivity index (χ2n) is 5.41. The average molecular weight is 469 g/mol. The third-order valence-electron chi connectivity index (χ3n) is 3.77. The molecule has 0 bridgehead atoms. The lowest BCUT2D eigenvalue weighted by atomic mass is 10.1. The Kier molecular flexibility index (Phi) is 4.87. The molecule has 1 heterocycles. The predicted molar refractivity (Wildman–Crippen MR) is 98.5 cm³/mol. The minimum Gasteiger partial charge on any atom is -0.340 e. The molecule has 2 amide bonds. The summed E-state index contributed by atoms with van der Waals surface area (Å²) in [5, 5.41) is 16.6. The molecule has 2 N–H and O–H groups in total. The summed E-state index contributed by atoms with van der Waals surface area (Å²) in [6.07, 6.45) is 0.280. The Labute approximate surface area is 159 Å². The number of nitro benzene ring substituents is 1. The molecule has 25 heavy (non-hydrogen) atoms. The van der Waals surface area contributed by atoms with Crippen LogP contribution in [-0.4, -0.2) is 22.8 Å². The second kappa shape index (κ2) is 6.93. The predicted octanol–water partition coefficient (Wildman–Crippen LogP) is 3.41. The van der Waals surface area contributed by atoms with Crippen LogP contribution in [0.2, 0.25) is 0 Å². The van der Waals surface area contributed by atoms with Crippen LogP contribution in [0.3, 0.4) is 0 Å². The molecule has 1 aliphatic rings. The van der Waals surface area contributed by atoms with Gasteiger partial charge in [0, 0.05) is 10.9 Å². The fourth-order valence-electron chi connectivity index (χ4n) is 2.62.